The molecule has 2 aliphatic heterocycles. The second-order valence-corrected chi connectivity index (χ2v) is 8.72. The smallest absolute Gasteiger partial charge is 0.309 e. The Hall–Kier alpha value is -3.62. The van der Waals surface area contributed by atoms with Crippen molar-refractivity contribution in [2.24, 2.45) is 5.92 Å². The first-order valence-electron chi connectivity index (χ1n) is 11.6. The van der Waals surface area contributed by atoms with Crippen molar-refractivity contribution in [1.29, 1.82) is 0 Å². The highest BCUT2D eigenvalue weighted by atomic mass is 19.1. The van der Waals surface area contributed by atoms with E-state index in [2.05, 4.69) is 0 Å². The molecule has 1 saturated heterocycles. The number of carbonyl (C=O) groups is 3. The van der Waals surface area contributed by atoms with Gasteiger partial charge in [0, 0.05) is 31.7 Å². The zero-order valence-electron chi connectivity index (χ0n) is 19.9. The van der Waals surface area contributed by atoms with E-state index in [-0.39, 0.29) is 24.3 Å². The molecule has 0 atom stereocenters. The van der Waals surface area contributed by atoms with Gasteiger partial charge in [-0.15, -0.1) is 0 Å². The summed E-state index contributed by atoms with van der Waals surface area (Å²) >= 11 is 0. The molecule has 0 saturated carbocycles. The maximum absolute atomic E-state index is 13.1. The Morgan fingerprint density at radius 1 is 0.914 bits per heavy atom. The predicted octanol–water partition coefficient (Wildman–Crippen LogP) is 2.82. The molecule has 2 amide bonds. The zero-order chi connectivity index (χ0) is 24.9. The number of amides is 2. The van der Waals surface area contributed by atoms with Gasteiger partial charge in [-0.25, -0.2) is 4.39 Å². The first-order valence-corrected chi connectivity index (χ1v) is 11.6. The molecular formula is C26H29FN2O6. The summed E-state index contributed by atoms with van der Waals surface area (Å²) in [5.74, 6) is -0.350. The fraction of sp³-hybridized carbons (Fsp3) is 0.423. The van der Waals surface area contributed by atoms with Gasteiger partial charge in [-0.2, -0.15) is 0 Å². The van der Waals surface area contributed by atoms with Crippen LogP contribution in [0.4, 0.5) is 4.39 Å². The Morgan fingerprint density at radius 2 is 1.54 bits per heavy atom. The summed E-state index contributed by atoms with van der Waals surface area (Å²) in [6, 6.07) is 9.22. The van der Waals surface area contributed by atoms with Gasteiger partial charge >= 0.3 is 5.97 Å². The van der Waals surface area contributed by atoms with E-state index >= 15 is 0 Å². The maximum atomic E-state index is 13.1. The lowest BCUT2D eigenvalue weighted by molar-refractivity contribution is -0.157. The van der Waals surface area contributed by atoms with Crippen LogP contribution in [0.2, 0.25) is 0 Å². The molecule has 4 rings (SSSR count). The summed E-state index contributed by atoms with van der Waals surface area (Å²) in [5, 5.41) is 0. The fourth-order valence-corrected chi connectivity index (χ4v) is 4.53. The second kappa shape index (κ2) is 10.8. The molecule has 2 heterocycles. The van der Waals surface area contributed by atoms with Crippen LogP contribution in [0.1, 0.15) is 34.3 Å². The molecule has 186 valence electrons. The number of carbonyl (C=O) groups excluding carboxylic acids is 3. The molecule has 2 aliphatic rings. The predicted molar refractivity (Wildman–Crippen MR) is 125 cm³/mol. The summed E-state index contributed by atoms with van der Waals surface area (Å²) < 4.78 is 29.1. The van der Waals surface area contributed by atoms with Crippen molar-refractivity contribution in [1.82, 2.24) is 9.80 Å². The third-order valence-electron chi connectivity index (χ3n) is 6.62. The van der Waals surface area contributed by atoms with Crippen LogP contribution in [0.25, 0.3) is 0 Å². The standard InChI is InChI=1S/C26H29FN2O6/c1-33-22-13-19-9-12-29(15-20(19)14-23(22)34-2)24(30)16-35-26(32)18-7-10-28(11-8-18)25(31)17-3-5-21(27)6-4-17/h3-6,13-14,18H,7-12,15-16H2,1-2H3. The van der Waals surface area contributed by atoms with Gasteiger partial charge in [-0.3, -0.25) is 14.4 Å². The van der Waals surface area contributed by atoms with Crippen LogP contribution in [0.3, 0.4) is 0 Å². The van der Waals surface area contributed by atoms with E-state index in [4.69, 9.17) is 14.2 Å². The summed E-state index contributed by atoms with van der Waals surface area (Å²) in [7, 11) is 3.16. The van der Waals surface area contributed by atoms with Crippen molar-refractivity contribution >= 4 is 17.8 Å². The highest BCUT2D eigenvalue weighted by Crippen LogP contribution is 2.33. The number of esters is 1. The number of likely N-dealkylation sites (tertiary alicyclic amines) is 1. The van der Waals surface area contributed by atoms with Gasteiger partial charge in [-0.05, 0) is 66.8 Å². The number of ether oxygens (including phenoxy) is 3. The van der Waals surface area contributed by atoms with E-state index in [0.29, 0.717) is 62.5 Å². The largest absolute Gasteiger partial charge is 0.493 e. The van der Waals surface area contributed by atoms with Crippen molar-refractivity contribution < 1.29 is 33.0 Å². The molecule has 9 heteroatoms. The molecule has 0 aromatic heterocycles. The molecule has 2 aromatic rings. The molecule has 0 radical (unpaired) electrons. The SMILES string of the molecule is COc1cc2c(cc1OC)CN(C(=O)COC(=O)C1CCN(C(=O)c3ccc(F)cc3)CC1)CC2. The number of methoxy groups -OCH3 is 2. The molecular weight excluding hydrogens is 455 g/mol. The fourth-order valence-electron chi connectivity index (χ4n) is 4.53. The lowest BCUT2D eigenvalue weighted by atomic mass is 9.96. The summed E-state index contributed by atoms with van der Waals surface area (Å²) in [5.41, 5.74) is 2.50. The van der Waals surface area contributed by atoms with Gasteiger partial charge < -0.3 is 24.0 Å². The van der Waals surface area contributed by atoms with Crippen LogP contribution in [0.15, 0.2) is 36.4 Å². The number of rotatable bonds is 6. The normalized spacial score (nSPS) is 15.9. The van der Waals surface area contributed by atoms with Gasteiger partial charge in [0.1, 0.15) is 5.82 Å². The Labute approximate surface area is 203 Å². The number of fused-ring (bicyclic) bond motifs is 1. The van der Waals surface area contributed by atoms with Crippen LogP contribution in [0, 0.1) is 11.7 Å². The minimum absolute atomic E-state index is 0.188. The lowest BCUT2D eigenvalue weighted by Gasteiger charge is -2.31. The van der Waals surface area contributed by atoms with Crippen molar-refractivity contribution in [2.75, 3.05) is 40.5 Å². The molecule has 0 N–H and O–H groups in total. The van der Waals surface area contributed by atoms with Crippen LogP contribution in [0.5, 0.6) is 11.5 Å². The Morgan fingerprint density at radius 3 is 2.17 bits per heavy atom. The third kappa shape index (κ3) is 5.55. The van der Waals surface area contributed by atoms with Crippen molar-refractivity contribution in [3.05, 3.63) is 58.9 Å². The number of benzene rings is 2. The topological polar surface area (TPSA) is 85.4 Å². The van der Waals surface area contributed by atoms with Gasteiger partial charge in [0.05, 0.1) is 20.1 Å². The number of hydrogen-bond donors (Lipinski definition) is 0. The molecule has 8 nitrogen and oxygen atoms in total. The van der Waals surface area contributed by atoms with E-state index in [0.717, 1.165) is 11.1 Å². The highest BCUT2D eigenvalue weighted by molar-refractivity contribution is 5.94. The van der Waals surface area contributed by atoms with Crippen LogP contribution < -0.4 is 9.47 Å². The maximum Gasteiger partial charge on any atom is 0.309 e. The monoisotopic (exact) mass is 484 g/mol. The lowest BCUT2D eigenvalue weighted by Crippen LogP contribution is -2.42. The first kappa shape index (κ1) is 24.5. The summed E-state index contributed by atoms with van der Waals surface area (Å²) in [6.07, 6.45) is 1.59. The quantitative estimate of drug-likeness (QED) is 0.587. The molecule has 0 aliphatic carbocycles. The van der Waals surface area contributed by atoms with E-state index in [1.54, 1.807) is 24.0 Å². The second-order valence-electron chi connectivity index (χ2n) is 8.72. The summed E-state index contributed by atoms with van der Waals surface area (Å²) in [6.45, 7) is 1.44. The van der Waals surface area contributed by atoms with Crippen molar-refractivity contribution in [3.63, 3.8) is 0 Å². The highest BCUT2D eigenvalue weighted by Gasteiger charge is 2.30. The Kier molecular flexibility index (Phi) is 7.53. The minimum atomic E-state index is -0.420. The molecule has 1 fully saturated rings. The Balaban J connectivity index is 1.25. The number of piperidine rings is 1. The van der Waals surface area contributed by atoms with E-state index < -0.39 is 11.8 Å². The average Bonchev–Trinajstić information content (AvgIpc) is 2.90. The number of nitrogens with zero attached hydrogens (tertiary/aromatic N) is 2. The van der Waals surface area contributed by atoms with Gasteiger partial charge in [-0.1, -0.05) is 0 Å². The van der Waals surface area contributed by atoms with Crippen molar-refractivity contribution in [3.8, 4) is 11.5 Å². The van der Waals surface area contributed by atoms with E-state index in [9.17, 15) is 18.8 Å². The average molecular weight is 485 g/mol. The Bertz CT molecular complexity index is 1100. The summed E-state index contributed by atoms with van der Waals surface area (Å²) in [4.78, 5) is 41.1. The third-order valence-corrected chi connectivity index (χ3v) is 6.62. The molecule has 0 bridgehead atoms. The molecule has 2 aromatic carbocycles. The van der Waals surface area contributed by atoms with Crippen molar-refractivity contribution in [2.45, 2.75) is 25.8 Å². The first-order chi connectivity index (χ1) is 16.9. The van der Waals surface area contributed by atoms with E-state index in [1.807, 2.05) is 12.1 Å². The van der Waals surface area contributed by atoms with Gasteiger partial charge in [0.25, 0.3) is 11.8 Å². The van der Waals surface area contributed by atoms with E-state index in [1.165, 1.54) is 24.3 Å². The minimum Gasteiger partial charge on any atom is -0.493 e. The van der Waals surface area contributed by atoms with Crippen LogP contribution in [-0.4, -0.2) is 68.0 Å². The molecule has 0 spiro atoms. The number of halogens is 1. The van der Waals surface area contributed by atoms with Gasteiger partial charge in [0.15, 0.2) is 18.1 Å². The zero-order valence-corrected chi connectivity index (χ0v) is 19.9. The van der Waals surface area contributed by atoms with Crippen LogP contribution >= 0.6 is 0 Å². The van der Waals surface area contributed by atoms with Gasteiger partial charge in [0.2, 0.25) is 0 Å². The molecule has 0 unspecified atom stereocenters. The number of hydrogen-bond acceptors (Lipinski definition) is 6. The van der Waals surface area contributed by atoms with Crippen LogP contribution in [-0.2, 0) is 27.3 Å². The molecule has 35 heavy (non-hydrogen) atoms.